The van der Waals surface area contributed by atoms with Gasteiger partial charge in [0, 0.05) is 4.47 Å². The molecule has 1 aromatic carbocycles. The molecule has 2 aromatic rings. The van der Waals surface area contributed by atoms with Crippen molar-refractivity contribution in [2.24, 2.45) is 5.73 Å². The minimum Gasteiger partial charge on any atom is -0.453 e. The molecule has 0 atom stereocenters. The normalized spacial score (nSPS) is 10.1. The zero-order valence-corrected chi connectivity index (χ0v) is 11.5. The summed E-state index contributed by atoms with van der Waals surface area (Å²) in [7, 11) is 0. The zero-order valence-electron chi connectivity index (χ0n) is 9.06. The molecule has 1 aromatic heterocycles. The molecule has 92 valence electrons. The van der Waals surface area contributed by atoms with Crippen LogP contribution in [0.1, 0.15) is 5.69 Å². The number of pyridine rings is 1. The largest absolute Gasteiger partial charge is 0.453 e. The van der Waals surface area contributed by atoms with E-state index in [0.717, 1.165) is 0 Å². The van der Waals surface area contributed by atoms with Gasteiger partial charge in [-0.05, 0) is 30.3 Å². The molecule has 0 radical (unpaired) electrons. The number of hydrogen-bond acceptors (Lipinski definition) is 3. The molecule has 3 nitrogen and oxygen atoms in total. The third-order valence-electron chi connectivity index (χ3n) is 2.11. The number of ether oxygens (including phenoxy) is 1. The molecule has 0 aliphatic rings. The highest BCUT2D eigenvalue weighted by molar-refractivity contribution is 9.10. The first kappa shape index (κ1) is 12.9. The van der Waals surface area contributed by atoms with Crippen molar-refractivity contribution >= 4 is 33.1 Å². The Bertz CT molecular complexity index is 589. The molecular weight excluding hydrogens is 319 g/mol. The maximum atomic E-state index is 13.5. The van der Waals surface area contributed by atoms with E-state index in [1.807, 2.05) is 0 Å². The highest BCUT2D eigenvalue weighted by Crippen LogP contribution is 2.26. The maximum absolute atomic E-state index is 13.5. The smallest absolute Gasteiger partial charge is 0.166 e. The molecule has 0 saturated heterocycles. The van der Waals surface area contributed by atoms with Gasteiger partial charge in [-0.25, -0.2) is 9.37 Å². The van der Waals surface area contributed by atoms with Crippen LogP contribution >= 0.6 is 28.1 Å². The Labute approximate surface area is 117 Å². The minimum atomic E-state index is -0.456. The van der Waals surface area contributed by atoms with Gasteiger partial charge in [-0.15, -0.1) is 0 Å². The fourth-order valence-corrected chi connectivity index (χ4v) is 1.73. The summed E-state index contributed by atoms with van der Waals surface area (Å²) in [5, 5.41) is 0. The van der Waals surface area contributed by atoms with Crippen LogP contribution in [-0.4, -0.2) is 9.97 Å². The number of hydrogen-bond donors (Lipinski definition) is 1. The third-order valence-corrected chi connectivity index (χ3v) is 2.81. The molecule has 0 unspecified atom stereocenters. The fraction of sp³-hybridized carbons (Fsp3) is 0. The highest BCUT2D eigenvalue weighted by atomic mass is 79.9. The van der Waals surface area contributed by atoms with Gasteiger partial charge in [0.2, 0.25) is 0 Å². The lowest BCUT2D eigenvalue weighted by Gasteiger charge is -2.07. The second kappa shape index (κ2) is 5.41. The van der Waals surface area contributed by atoms with Crippen molar-refractivity contribution in [1.82, 2.24) is 4.98 Å². The lowest BCUT2D eigenvalue weighted by molar-refractivity contribution is 0.440. The molecule has 0 spiro atoms. The Hall–Kier alpha value is -1.53. The van der Waals surface area contributed by atoms with Gasteiger partial charge in [-0.3, -0.25) is 0 Å². The second-order valence-electron chi connectivity index (χ2n) is 3.42. The van der Waals surface area contributed by atoms with Gasteiger partial charge >= 0.3 is 0 Å². The quantitative estimate of drug-likeness (QED) is 0.878. The molecule has 2 N–H and O–H groups in total. The molecule has 0 aliphatic heterocycles. The van der Waals surface area contributed by atoms with E-state index in [2.05, 4.69) is 20.9 Å². The monoisotopic (exact) mass is 326 g/mol. The lowest BCUT2D eigenvalue weighted by Crippen LogP contribution is -2.10. The average Bonchev–Trinajstić information content (AvgIpc) is 2.33. The van der Waals surface area contributed by atoms with Crippen molar-refractivity contribution < 1.29 is 9.13 Å². The van der Waals surface area contributed by atoms with Gasteiger partial charge in [0.25, 0.3) is 0 Å². The molecule has 6 heteroatoms. The van der Waals surface area contributed by atoms with Gasteiger partial charge in [0.1, 0.15) is 10.7 Å². The Kier molecular flexibility index (Phi) is 3.88. The van der Waals surface area contributed by atoms with Crippen LogP contribution in [0.25, 0.3) is 0 Å². The van der Waals surface area contributed by atoms with Crippen LogP contribution in [0.15, 0.2) is 41.0 Å². The van der Waals surface area contributed by atoms with Gasteiger partial charge in [-0.1, -0.05) is 28.1 Å². The van der Waals surface area contributed by atoms with Gasteiger partial charge in [0.15, 0.2) is 11.6 Å². The van der Waals surface area contributed by atoms with Crippen molar-refractivity contribution in [2.75, 3.05) is 0 Å². The summed E-state index contributed by atoms with van der Waals surface area (Å²) in [6.07, 6.45) is 1.44. The standard InChI is InChI=1S/C12H8BrFN2OS/c13-7-1-4-11(9(14)5-7)17-8-2-3-10(12(15)18)16-6-8/h1-6H,(H2,15,18). The molecule has 0 amide bonds. The van der Waals surface area contributed by atoms with Crippen molar-refractivity contribution in [3.05, 3.63) is 52.5 Å². The molecule has 18 heavy (non-hydrogen) atoms. The highest BCUT2D eigenvalue weighted by Gasteiger charge is 2.06. The molecule has 0 bridgehead atoms. The predicted molar refractivity (Wildman–Crippen MR) is 74.3 cm³/mol. The average molecular weight is 327 g/mol. The Morgan fingerprint density at radius 3 is 2.67 bits per heavy atom. The Morgan fingerprint density at radius 1 is 1.33 bits per heavy atom. The minimum absolute atomic E-state index is 0.128. The molecule has 0 aliphatic carbocycles. The van der Waals surface area contributed by atoms with E-state index in [-0.39, 0.29) is 10.7 Å². The van der Waals surface area contributed by atoms with Crippen molar-refractivity contribution in [3.63, 3.8) is 0 Å². The molecule has 0 fully saturated rings. The molecular formula is C12H8BrFN2OS. The SMILES string of the molecule is NC(=S)c1ccc(Oc2ccc(Br)cc2F)cn1. The van der Waals surface area contributed by atoms with Crippen LogP contribution in [-0.2, 0) is 0 Å². The van der Waals surface area contributed by atoms with E-state index in [0.29, 0.717) is 15.9 Å². The first-order valence-electron chi connectivity index (χ1n) is 4.95. The summed E-state index contributed by atoms with van der Waals surface area (Å²) in [4.78, 5) is 4.20. The summed E-state index contributed by atoms with van der Waals surface area (Å²) in [6.45, 7) is 0. The predicted octanol–water partition coefficient (Wildman–Crippen LogP) is 3.41. The fourth-order valence-electron chi connectivity index (χ4n) is 1.27. The number of halogens is 2. The van der Waals surface area contributed by atoms with E-state index < -0.39 is 5.82 Å². The first-order chi connectivity index (χ1) is 8.56. The van der Waals surface area contributed by atoms with E-state index in [1.165, 1.54) is 18.3 Å². The van der Waals surface area contributed by atoms with Crippen LogP contribution in [0, 0.1) is 5.82 Å². The summed E-state index contributed by atoms with van der Waals surface area (Å²) < 4.78 is 19.5. The van der Waals surface area contributed by atoms with Gasteiger partial charge in [-0.2, -0.15) is 0 Å². The number of nitrogens with two attached hydrogens (primary N) is 1. The van der Waals surface area contributed by atoms with Crippen LogP contribution in [0.4, 0.5) is 4.39 Å². The molecule has 2 rings (SSSR count). The number of thiocarbonyl (C=S) groups is 1. The van der Waals surface area contributed by atoms with E-state index in [1.54, 1.807) is 18.2 Å². The Balaban J connectivity index is 2.21. The number of benzene rings is 1. The Morgan fingerprint density at radius 2 is 2.11 bits per heavy atom. The maximum Gasteiger partial charge on any atom is 0.166 e. The van der Waals surface area contributed by atoms with Crippen LogP contribution in [0.5, 0.6) is 11.5 Å². The summed E-state index contributed by atoms with van der Waals surface area (Å²) in [5.41, 5.74) is 5.91. The third kappa shape index (κ3) is 3.02. The van der Waals surface area contributed by atoms with Crippen molar-refractivity contribution in [1.29, 1.82) is 0 Å². The van der Waals surface area contributed by atoms with E-state index in [4.69, 9.17) is 22.7 Å². The second-order valence-corrected chi connectivity index (χ2v) is 4.78. The summed E-state index contributed by atoms with van der Waals surface area (Å²) in [5.74, 6) is 0.0853. The van der Waals surface area contributed by atoms with E-state index in [9.17, 15) is 4.39 Å². The molecule has 0 saturated carbocycles. The van der Waals surface area contributed by atoms with E-state index >= 15 is 0 Å². The summed E-state index contributed by atoms with van der Waals surface area (Å²) >= 11 is 7.95. The van der Waals surface area contributed by atoms with Crippen LogP contribution in [0.3, 0.4) is 0 Å². The molecule has 1 heterocycles. The van der Waals surface area contributed by atoms with Crippen LogP contribution in [0.2, 0.25) is 0 Å². The topological polar surface area (TPSA) is 48.1 Å². The van der Waals surface area contributed by atoms with Crippen molar-refractivity contribution in [3.8, 4) is 11.5 Å². The number of aromatic nitrogens is 1. The van der Waals surface area contributed by atoms with Gasteiger partial charge < -0.3 is 10.5 Å². The first-order valence-corrected chi connectivity index (χ1v) is 6.15. The lowest BCUT2D eigenvalue weighted by atomic mass is 10.3. The summed E-state index contributed by atoms with van der Waals surface area (Å²) in [6, 6.07) is 7.79. The van der Waals surface area contributed by atoms with Crippen molar-refractivity contribution in [2.45, 2.75) is 0 Å². The zero-order chi connectivity index (χ0) is 13.1. The number of nitrogens with zero attached hydrogens (tertiary/aromatic N) is 1. The van der Waals surface area contributed by atoms with Crippen LogP contribution < -0.4 is 10.5 Å². The number of rotatable bonds is 3. The van der Waals surface area contributed by atoms with Gasteiger partial charge in [0.05, 0.1) is 11.9 Å².